The van der Waals surface area contributed by atoms with Crippen LogP contribution in [0.3, 0.4) is 0 Å². The van der Waals surface area contributed by atoms with Gasteiger partial charge < -0.3 is 19.7 Å². The Kier molecular flexibility index (Phi) is 6.90. The maximum Gasteiger partial charge on any atom is 0.340 e. The van der Waals surface area contributed by atoms with Gasteiger partial charge in [0.05, 0.1) is 12.2 Å². The molecule has 1 atom stereocenters. The van der Waals surface area contributed by atoms with Crippen LogP contribution in [-0.2, 0) is 9.53 Å². The second kappa shape index (κ2) is 10.2. The van der Waals surface area contributed by atoms with Gasteiger partial charge in [-0.15, -0.1) is 0 Å². The third kappa shape index (κ3) is 5.24. The van der Waals surface area contributed by atoms with Gasteiger partial charge in [-0.2, -0.15) is 0 Å². The lowest BCUT2D eigenvalue weighted by Crippen LogP contribution is -2.41. The molecule has 3 aromatic carbocycles. The van der Waals surface area contributed by atoms with Crippen LogP contribution < -0.4 is 4.74 Å². The Morgan fingerprint density at radius 2 is 1.44 bits per heavy atom. The van der Waals surface area contributed by atoms with E-state index in [9.17, 15) is 14.7 Å². The lowest BCUT2D eigenvalue weighted by molar-refractivity contribution is -0.159. The van der Waals surface area contributed by atoms with E-state index >= 15 is 0 Å². The smallest absolute Gasteiger partial charge is 0.340 e. The lowest BCUT2D eigenvalue weighted by atomic mass is 9.89. The fraction of sp³-hybridized carbons (Fsp3) is 0.143. The quantitative estimate of drug-likeness (QED) is 0.424. The van der Waals surface area contributed by atoms with E-state index in [-0.39, 0.29) is 25.2 Å². The predicted octanol–water partition coefficient (Wildman–Crippen LogP) is 5.31. The molecule has 3 aromatic rings. The molecule has 6 nitrogen and oxygen atoms in total. The van der Waals surface area contributed by atoms with Crippen molar-refractivity contribution in [2.75, 3.05) is 13.2 Å². The van der Waals surface area contributed by atoms with Crippen LogP contribution in [0.15, 0.2) is 97.1 Å². The molecule has 0 aromatic heterocycles. The van der Waals surface area contributed by atoms with E-state index in [0.717, 1.165) is 22.3 Å². The molecule has 4 rings (SSSR count). The standard InChI is InChI=1S/C28H24O6/c29-26(30)24-8-6-21(7-9-24)22-10-12-25(13-11-22)33-18-19-34-28(27(31)32)16-14-23(15-17-28)20-4-2-1-3-5-20/h1-16H,17-19H2,(H,29,30)(H,31,32). The van der Waals surface area contributed by atoms with Crippen LogP contribution in [0.2, 0.25) is 0 Å². The first-order valence-corrected chi connectivity index (χ1v) is 10.9. The van der Waals surface area contributed by atoms with Gasteiger partial charge in [-0.1, -0.05) is 66.7 Å². The van der Waals surface area contributed by atoms with Crippen molar-refractivity contribution < 1.29 is 29.3 Å². The maximum atomic E-state index is 11.9. The summed E-state index contributed by atoms with van der Waals surface area (Å²) in [6.07, 6.45) is 5.50. The normalized spacial score (nSPS) is 17.1. The second-order valence-corrected chi connectivity index (χ2v) is 7.86. The maximum absolute atomic E-state index is 11.9. The van der Waals surface area contributed by atoms with Crippen LogP contribution in [0, 0.1) is 0 Å². The number of ether oxygens (including phenoxy) is 2. The highest BCUT2D eigenvalue weighted by Gasteiger charge is 2.37. The molecule has 0 spiro atoms. The molecule has 34 heavy (non-hydrogen) atoms. The zero-order valence-corrected chi connectivity index (χ0v) is 18.4. The Bertz CT molecular complexity index is 1210. The average Bonchev–Trinajstić information content (AvgIpc) is 2.88. The van der Waals surface area contributed by atoms with E-state index in [2.05, 4.69) is 0 Å². The number of benzene rings is 3. The zero-order chi connectivity index (χ0) is 24.0. The van der Waals surface area contributed by atoms with Crippen molar-refractivity contribution in [3.05, 3.63) is 108 Å². The van der Waals surface area contributed by atoms with Crippen LogP contribution >= 0.6 is 0 Å². The van der Waals surface area contributed by atoms with Crippen LogP contribution in [0.4, 0.5) is 0 Å². The van der Waals surface area contributed by atoms with Gasteiger partial charge in [-0.3, -0.25) is 0 Å². The monoisotopic (exact) mass is 456 g/mol. The first-order valence-electron chi connectivity index (χ1n) is 10.9. The van der Waals surface area contributed by atoms with E-state index in [1.165, 1.54) is 0 Å². The topological polar surface area (TPSA) is 93.1 Å². The molecule has 1 aliphatic carbocycles. The van der Waals surface area contributed by atoms with E-state index in [0.29, 0.717) is 5.75 Å². The molecule has 0 fully saturated rings. The van der Waals surface area contributed by atoms with Crippen LogP contribution in [-0.4, -0.2) is 41.0 Å². The van der Waals surface area contributed by atoms with Crippen LogP contribution in [0.25, 0.3) is 16.7 Å². The molecule has 1 aliphatic rings. The number of carbonyl (C=O) groups is 2. The summed E-state index contributed by atoms with van der Waals surface area (Å²) in [5.41, 5.74) is 2.65. The van der Waals surface area contributed by atoms with E-state index < -0.39 is 17.5 Å². The summed E-state index contributed by atoms with van der Waals surface area (Å²) in [7, 11) is 0. The molecule has 2 N–H and O–H groups in total. The Hall–Kier alpha value is -4.16. The van der Waals surface area contributed by atoms with Crippen molar-refractivity contribution in [1.29, 1.82) is 0 Å². The van der Waals surface area contributed by atoms with E-state index in [1.807, 2.05) is 60.7 Å². The Balaban J connectivity index is 1.31. The van der Waals surface area contributed by atoms with E-state index in [1.54, 1.807) is 36.4 Å². The molecule has 0 saturated carbocycles. The van der Waals surface area contributed by atoms with Crippen molar-refractivity contribution in [1.82, 2.24) is 0 Å². The Morgan fingerprint density at radius 3 is 2.00 bits per heavy atom. The van der Waals surface area contributed by atoms with Gasteiger partial charge in [0.25, 0.3) is 0 Å². The molecule has 0 heterocycles. The fourth-order valence-electron chi connectivity index (χ4n) is 3.73. The highest BCUT2D eigenvalue weighted by atomic mass is 16.6. The predicted molar refractivity (Wildman–Crippen MR) is 129 cm³/mol. The van der Waals surface area contributed by atoms with Gasteiger partial charge in [0.1, 0.15) is 12.4 Å². The summed E-state index contributed by atoms with van der Waals surface area (Å²) in [6, 6.07) is 23.8. The van der Waals surface area contributed by atoms with Crippen molar-refractivity contribution in [2.24, 2.45) is 0 Å². The Morgan fingerprint density at radius 1 is 0.794 bits per heavy atom. The van der Waals surface area contributed by atoms with Crippen LogP contribution in [0.5, 0.6) is 5.75 Å². The number of rotatable bonds is 9. The SMILES string of the molecule is O=C(O)c1ccc(-c2ccc(OCCOC3(C(=O)O)C=CC(c4ccccc4)=CC3)cc2)cc1. The Labute approximate surface area is 197 Å². The molecule has 1 unspecified atom stereocenters. The molecule has 0 radical (unpaired) electrons. The number of aliphatic carboxylic acids is 1. The van der Waals surface area contributed by atoms with Crippen molar-refractivity contribution in [2.45, 2.75) is 12.0 Å². The van der Waals surface area contributed by atoms with Gasteiger partial charge in [0, 0.05) is 6.42 Å². The number of carboxylic acids is 2. The molecule has 0 aliphatic heterocycles. The summed E-state index contributed by atoms with van der Waals surface area (Å²) >= 11 is 0. The molecule has 0 saturated heterocycles. The highest BCUT2D eigenvalue weighted by Crippen LogP contribution is 2.30. The summed E-state index contributed by atoms with van der Waals surface area (Å²) in [5.74, 6) is -1.37. The zero-order valence-electron chi connectivity index (χ0n) is 18.4. The van der Waals surface area contributed by atoms with Gasteiger partial charge in [0.15, 0.2) is 5.60 Å². The lowest BCUT2D eigenvalue weighted by Gasteiger charge is -2.28. The van der Waals surface area contributed by atoms with Gasteiger partial charge >= 0.3 is 11.9 Å². The van der Waals surface area contributed by atoms with Crippen LogP contribution in [0.1, 0.15) is 22.3 Å². The van der Waals surface area contributed by atoms with Gasteiger partial charge in [-0.05, 0) is 52.6 Å². The third-order valence-electron chi connectivity index (χ3n) is 5.66. The second-order valence-electron chi connectivity index (χ2n) is 7.86. The van der Waals surface area contributed by atoms with Crippen molar-refractivity contribution in [3.63, 3.8) is 0 Å². The highest BCUT2D eigenvalue weighted by molar-refractivity contribution is 5.88. The summed E-state index contributed by atoms with van der Waals surface area (Å²) in [4.78, 5) is 22.9. The van der Waals surface area contributed by atoms with Crippen molar-refractivity contribution >= 4 is 17.5 Å². The minimum Gasteiger partial charge on any atom is -0.491 e. The molecule has 0 bridgehead atoms. The molecule has 172 valence electrons. The third-order valence-corrected chi connectivity index (χ3v) is 5.66. The van der Waals surface area contributed by atoms with Gasteiger partial charge in [-0.25, -0.2) is 9.59 Å². The molecular formula is C28H24O6. The van der Waals surface area contributed by atoms with E-state index in [4.69, 9.17) is 14.6 Å². The fourth-order valence-corrected chi connectivity index (χ4v) is 3.73. The minimum absolute atomic E-state index is 0.115. The largest absolute Gasteiger partial charge is 0.491 e. The number of hydrogen-bond donors (Lipinski definition) is 2. The number of aromatic carboxylic acids is 1. The molecular weight excluding hydrogens is 432 g/mol. The first-order chi connectivity index (χ1) is 16.5. The summed E-state index contributed by atoms with van der Waals surface area (Å²) in [5, 5.41) is 18.8. The average molecular weight is 456 g/mol. The number of hydrogen-bond acceptors (Lipinski definition) is 4. The van der Waals surface area contributed by atoms with Crippen molar-refractivity contribution in [3.8, 4) is 16.9 Å². The molecule has 6 heteroatoms. The summed E-state index contributed by atoms with van der Waals surface area (Å²) < 4.78 is 11.5. The first kappa shape index (κ1) is 23.0. The van der Waals surface area contributed by atoms with Gasteiger partial charge in [0.2, 0.25) is 0 Å². The molecule has 0 amide bonds. The minimum atomic E-state index is -1.41. The number of allylic oxidation sites excluding steroid dienone is 2. The number of carboxylic acid groups (broad SMARTS) is 2. The summed E-state index contributed by atoms with van der Waals surface area (Å²) in [6.45, 7) is 0.314.